The summed E-state index contributed by atoms with van der Waals surface area (Å²) in [4.78, 5) is 2.72. The summed E-state index contributed by atoms with van der Waals surface area (Å²) in [5.74, 6) is 1.62. The first-order valence-electron chi connectivity index (χ1n) is 10.2. The molecule has 2 heterocycles. The van der Waals surface area contributed by atoms with Gasteiger partial charge in [-0.05, 0) is 55.8 Å². The van der Waals surface area contributed by atoms with Gasteiger partial charge in [0.15, 0.2) is 0 Å². The minimum Gasteiger partial charge on any atom is -0.303 e. The molecule has 2 fully saturated rings. The highest BCUT2D eigenvalue weighted by atomic mass is 15.1. The topological polar surface area (TPSA) is 31.9 Å². The van der Waals surface area contributed by atoms with Crippen LogP contribution in [0.3, 0.4) is 0 Å². The van der Waals surface area contributed by atoms with Gasteiger partial charge in [-0.25, -0.2) is 0 Å². The van der Waals surface area contributed by atoms with Crippen molar-refractivity contribution in [1.82, 2.24) is 15.1 Å². The van der Waals surface area contributed by atoms with Gasteiger partial charge in [0.25, 0.3) is 0 Å². The van der Waals surface area contributed by atoms with E-state index in [0.717, 1.165) is 12.3 Å². The largest absolute Gasteiger partial charge is 0.303 e. The van der Waals surface area contributed by atoms with Gasteiger partial charge in [0, 0.05) is 24.6 Å². The molecular formula is C22H31N3. The molecule has 1 N–H and O–H groups in total. The number of aromatic amines is 1. The zero-order valence-electron chi connectivity index (χ0n) is 15.3. The molecule has 2 aliphatic rings. The molecule has 2 aromatic rings. The van der Waals surface area contributed by atoms with Crippen LogP contribution in [0.15, 0.2) is 36.5 Å². The number of aromatic nitrogens is 2. The average molecular weight is 338 g/mol. The molecule has 3 heteroatoms. The van der Waals surface area contributed by atoms with E-state index < -0.39 is 0 Å². The number of benzene rings is 1. The standard InChI is InChI=1S/C22H31N3/c1-3-7-18(8-4-1)15-21-16-23-24-22(21)20-11-13-25(14-12-20)17-19-9-5-2-6-10-19/h1,3-4,7-8,16,19-20H,2,5-6,9-15,17H2,(H,23,24). The fourth-order valence-corrected chi connectivity index (χ4v) is 4.77. The van der Waals surface area contributed by atoms with E-state index >= 15 is 0 Å². The Morgan fingerprint density at radius 2 is 1.72 bits per heavy atom. The van der Waals surface area contributed by atoms with Crippen molar-refractivity contribution in [2.75, 3.05) is 19.6 Å². The molecule has 1 aromatic carbocycles. The maximum absolute atomic E-state index is 4.37. The first-order chi connectivity index (χ1) is 12.4. The molecule has 134 valence electrons. The first kappa shape index (κ1) is 16.8. The highest BCUT2D eigenvalue weighted by molar-refractivity contribution is 5.29. The molecular weight excluding hydrogens is 306 g/mol. The van der Waals surface area contributed by atoms with Crippen molar-refractivity contribution in [2.24, 2.45) is 5.92 Å². The molecule has 0 unspecified atom stereocenters. The summed E-state index contributed by atoms with van der Waals surface area (Å²) in [6.45, 7) is 3.85. The smallest absolute Gasteiger partial charge is 0.0525 e. The van der Waals surface area contributed by atoms with Gasteiger partial charge in [-0.2, -0.15) is 5.10 Å². The van der Waals surface area contributed by atoms with Crippen LogP contribution >= 0.6 is 0 Å². The number of hydrogen-bond donors (Lipinski definition) is 1. The summed E-state index contributed by atoms with van der Waals surface area (Å²) in [7, 11) is 0. The van der Waals surface area contributed by atoms with Crippen LogP contribution in [0.1, 0.15) is 67.7 Å². The van der Waals surface area contributed by atoms with Crippen molar-refractivity contribution in [3.8, 4) is 0 Å². The Labute approximate surface area is 151 Å². The number of H-pyrrole nitrogens is 1. The van der Waals surface area contributed by atoms with Crippen molar-refractivity contribution in [3.63, 3.8) is 0 Å². The monoisotopic (exact) mass is 337 g/mol. The second-order valence-electron chi connectivity index (χ2n) is 8.05. The van der Waals surface area contributed by atoms with Crippen LogP contribution in [0.4, 0.5) is 0 Å². The van der Waals surface area contributed by atoms with Crippen LogP contribution in [0.5, 0.6) is 0 Å². The van der Waals surface area contributed by atoms with E-state index in [-0.39, 0.29) is 0 Å². The van der Waals surface area contributed by atoms with E-state index in [1.54, 1.807) is 0 Å². The van der Waals surface area contributed by atoms with E-state index in [2.05, 4.69) is 45.4 Å². The number of piperidine rings is 1. The lowest BCUT2D eigenvalue weighted by Crippen LogP contribution is -2.37. The number of likely N-dealkylation sites (tertiary alicyclic amines) is 1. The lowest BCUT2D eigenvalue weighted by molar-refractivity contribution is 0.163. The SMILES string of the molecule is c1ccc(Cc2cn[nH]c2C2CCN(CC3CCCCC3)CC2)cc1. The third kappa shape index (κ3) is 4.33. The molecule has 1 saturated carbocycles. The Morgan fingerprint density at radius 1 is 0.960 bits per heavy atom. The highest BCUT2D eigenvalue weighted by Crippen LogP contribution is 2.31. The van der Waals surface area contributed by atoms with Gasteiger partial charge < -0.3 is 4.90 Å². The predicted molar refractivity (Wildman–Crippen MR) is 103 cm³/mol. The summed E-state index contributed by atoms with van der Waals surface area (Å²) >= 11 is 0. The van der Waals surface area contributed by atoms with Crippen LogP contribution in [-0.2, 0) is 6.42 Å². The number of nitrogens with one attached hydrogen (secondary N) is 1. The Hall–Kier alpha value is -1.61. The molecule has 25 heavy (non-hydrogen) atoms. The van der Waals surface area contributed by atoms with Crippen molar-refractivity contribution in [3.05, 3.63) is 53.3 Å². The second-order valence-corrected chi connectivity index (χ2v) is 8.05. The summed E-state index contributed by atoms with van der Waals surface area (Å²) in [5.41, 5.74) is 4.15. The van der Waals surface area contributed by atoms with Crippen LogP contribution < -0.4 is 0 Å². The van der Waals surface area contributed by atoms with Crippen LogP contribution in [0.2, 0.25) is 0 Å². The number of hydrogen-bond acceptors (Lipinski definition) is 2. The van der Waals surface area contributed by atoms with Gasteiger partial charge in [-0.3, -0.25) is 5.10 Å². The van der Waals surface area contributed by atoms with Crippen LogP contribution in [0, 0.1) is 5.92 Å². The number of rotatable bonds is 5. The molecule has 1 aliphatic heterocycles. The zero-order valence-corrected chi connectivity index (χ0v) is 15.3. The molecule has 0 bridgehead atoms. The Bertz CT molecular complexity index is 634. The van der Waals surface area contributed by atoms with Crippen LogP contribution in [-0.4, -0.2) is 34.7 Å². The molecule has 1 aromatic heterocycles. The maximum atomic E-state index is 4.37. The minimum absolute atomic E-state index is 0.656. The lowest BCUT2D eigenvalue weighted by Gasteiger charge is -2.35. The Balaban J connectivity index is 1.33. The summed E-state index contributed by atoms with van der Waals surface area (Å²) in [5, 5.41) is 7.69. The normalized spacial score (nSPS) is 20.8. The van der Waals surface area contributed by atoms with Crippen molar-refractivity contribution in [1.29, 1.82) is 0 Å². The van der Waals surface area contributed by atoms with Crippen molar-refractivity contribution < 1.29 is 0 Å². The summed E-state index contributed by atoms with van der Waals surface area (Å²) in [6.07, 6.45) is 12.9. The summed E-state index contributed by atoms with van der Waals surface area (Å²) < 4.78 is 0. The van der Waals surface area contributed by atoms with E-state index in [1.807, 2.05) is 6.20 Å². The quantitative estimate of drug-likeness (QED) is 0.853. The van der Waals surface area contributed by atoms with E-state index in [4.69, 9.17) is 0 Å². The molecule has 0 radical (unpaired) electrons. The molecule has 3 nitrogen and oxygen atoms in total. The van der Waals surface area contributed by atoms with Crippen molar-refractivity contribution >= 4 is 0 Å². The van der Waals surface area contributed by atoms with E-state index in [9.17, 15) is 0 Å². The highest BCUT2D eigenvalue weighted by Gasteiger charge is 2.25. The second kappa shape index (κ2) is 8.18. The van der Waals surface area contributed by atoms with Crippen molar-refractivity contribution in [2.45, 2.75) is 57.3 Å². The molecule has 4 rings (SSSR count). The molecule has 1 aliphatic carbocycles. The molecule has 0 spiro atoms. The third-order valence-electron chi connectivity index (χ3n) is 6.23. The van der Waals surface area contributed by atoms with E-state index in [1.165, 1.54) is 81.4 Å². The van der Waals surface area contributed by atoms with E-state index in [0.29, 0.717) is 5.92 Å². The zero-order chi connectivity index (χ0) is 16.9. The van der Waals surface area contributed by atoms with Gasteiger partial charge in [0.05, 0.1) is 6.20 Å². The van der Waals surface area contributed by atoms with Gasteiger partial charge in [-0.15, -0.1) is 0 Å². The Morgan fingerprint density at radius 3 is 2.48 bits per heavy atom. The first-order valence-corrected chi connectivity index (χ1v) is 10.2. The minimum atomic E-state index is 0.656. The maximum Gasteiger partial charge on any atom is 0.0525 e. The van der Waals surface area contributed by atoms with Gasteiger partial charge in [0.2, 0.25) is 0 Å². The number of nitrogens with zero attached hydrogens (tertiary/aromatic N) is 2. The predicted octanol–water partition coefficient (Wildman–Crippen LogP) is 4.76. The average Bonchev–Trinajstić information content (AvgIpc) is 3.12. The fourth-order valence-electron chi connectivity index (χ4n) is 4.77. The lowest BCUT2D eigenvalue weighted by atomic mass is 9.86. The molecule has 0 amide bonds. The van der Waals surface area contributed by atoms with Crippen LogP contribution in [0.25, 0.3) is 0 Å². The third-order valence-corrected chi connectivity index (χ3v) is 6.23. The summed E-state index contributed by atoms with van der Waals surface area (Å²) in [6, 6.07) is 10.8. The molecule has 0 atom stereocenters. The van der Waals surface area contributed by atoms with Gasteiger partial charge >= 0.3 is 0 Å². The van der Waals surface area contributed by atoms with Gasteiger partial charge in [0.1, 0.15) is 0 Å². The molecule has 1 saturated heterocycles. The fraction of sp³-hybridized carbons (Fsp3) is 0.591. The van der Waals surface area contributed by atoms with Gasteiger partial charge in [-0.1, -0.05) is 49.6 Å². The Kier molecular flexibility index (Phi) is 5.51.